The van der Waals surface area contributed by atoms with Gasteiger partial charge in [-0.2, -0.15) is 0 Å². The standard InChI is InChI=1S/C21H15IN2O3/c22-14-6-8-15(9-7-14)24-20(13-5-10-18-19(11-13)27-12-26-18)23-17-4-2-1-3-16(17)21(24)25/h1-11,20,23H,12H2/t20-/m0/s1. The maximum absolute atomic E-state index is 13.3. The van der Waals surface area contributed by atoms with Gasteiger partial charge in [-0.3, -0.25) is 9.69 Å². The van der Waals surface area contributed by atoms with Crippen molar-refractivity contribution in [3.63, 3.8) is 0 Å². The molecule has 0 saturated heterocycles. The average Bonchev–Trinajstić information content (AvgIpc) is 3.17. The van der Waals surface area contributed by atoms with Gasteiger partial charge in [-0.1, -0.05) is 18.2 Å². The van der Waals surface area contributed by atoms with Crippen molar-refractivity contribution in [3.8, 4) is 11.5 Å². The number of nitrogens with one attached hydrogen (secondary N) is 1. The van der Waals surface area contributed by atoms with E-state index in [9.17, 15) is 4.79 Å². The summed E-state index contributed by atoms with van der Waals surface area (Å²) in [5.74, 6) is 1.39. The molecule has 5 nitrogen and oxygen atoms in total. The highest BCUT2D eigenvalue weighted by Crippen LogP contribution is 2.40. The summed E-state index contributed by atoms with van der Waals surface area (Å²) in [7, 11) is 0. The molecule has 1 atom stereocenters. The molecule has 3 aromatic rings. The van der Waals surface area contributed by atoms with Gasteiger partial charge >= 0.3 is 0 Å². The van der Waals surface area contributed by atoms with Crippen LogP contribution in [-0.2, 0) is 0 Å². The van der Waals surface area contributed by atoms with Crippen LogP contribution in [-0.4, -0.2) is 12.7 Å². The maximum atomic E-state index is 13.3. The molecular weight excluding hydrogens is 455 g/mol. The third-order valence-electron chi connectivity index (χ3n) is 4.74. The van der Waals surface area contributed by atoms with Gasteiger partial charge in [0.15, 0.2) is 11.5 Å². The fourth-order valence-corrected chi connectivity index (χ4v) is 3.80. The fourth-order valence-electron chi connectivity index (χ4n) is 3.44. The Bertz CT molecular complexity index is 1040. The number of hydrogen-bond acceptors (Lipinski definition) is 4. The van der Waals surface area contributed by atoms with Crippen LogP contribution in [0.2, 0.25) is 0 Å². The molecule has 0 fully saturated rings. The zero-order valence-corrected chi connectivity index (χ0v) is 16.3. The first-order valence-electron chi connectivity index (χ1n) is 8.55. The number of nitrogens with zero attached hydrogens (tertiary/aromatic N) is 1. The summed E-state index contributed by atoms with van der Waals surface area (Å²) in [6.45, 7) is 0.222. The number of carbonyl (C=O) groups excluding carboxylic acids is 1. The number of halogens is 1. The van der Waals surface area contributed by atoms with Crippen LogP contribution in [0.3, 0.4) is 0 Å². The van der Waals surface area contributed by atoms with E-state index < -0.39 is 0 Å². The van der Waals surface area contributed by atoms with Crippen LogP contribution in [0.15, 0.2) is 66.7 Å². The van der Waals surface area contributed by atoms with Crippen molar-refractivity contribution in [2.45, 2.75) is 6.17 Å². The maximum Gasteiger partial charge on any atom is 0.262 e. The quantitative estimate of drug-likeness (QED) is 0.548. The summed E-state index contributed by atoms with van der Waals surface area (Å²) in [5, 5.41) is 3.50. The molecule has 0 aromatic heterocycles. The van der Waals surface area contributed by atoms with Crippen molar-refractivity contribution in [3.05, 3.63) is 81.4 Å². The number of fused-ring (bicyclic) bond motifs is 2. The Kier molecular flexibility index (Phi) is 3.93. The number of ether oxygens (including phenoxy) is 2. The highest BCUT2D eigenvalue weighted by molar-refractivity contribution is 14.1. The van der Waals surface area contributed by atoms with Gasteiger partial charge in [-0.05, 0) is 76.7 Å². The lowest BCUT2D eigenvalue weighted by molar-refractivity contribution is 0.0975. The van der Waals surface area contributed by atoms with Crippen molar-refractivity contribution in [2.24, 2.45) is 0 Å². The van der Waals surface area contributed by atoms with E-state index in [0.717, 1.165) is 26.3 Å². The average molecular weight is 470 g/mol. The zero-order chi connectivity index (χ0) is 18.4. The molecule has 0 radical (unpaired) electrons. The van der Waals surface area contributed by atoms with Gasteiger partial charge in [0, 0.05) is 14.9 Å². The van der Waals surface area contributed by atoms with Gasteiger partial charge in [0.2, 0.25) is 6.79 Å². The topological polar surface area (TPSA) is 50.8 Å². The number of benzene rings is 3. The van der Waals surface area contributed by atoms with E-state index in [4.69, 9.17) is 9.47 Å². The number of hydrogen-bond donors (Lipinski definition) is 1. The third kappa shape index (κ3) is 2.80. The van der Waals surface area contributed by atoms with Gasteiger partial charge in [0.25, 0.3) is 5.91 Å². The summed E-state index contributed by atoms with van der Waals surface area (Å²) in [4.78, 5) is 15.1. The predicted molar refractivity (Wildman–Crippen MR) is 111 cm³/mol. The number of anilines is 2. The van der Waals surface area contributed by atoms with Crippen LogP contribution >= 0.6 is 22.6 Å². The summed E-state index contributed by atoms with van der Waals surface area (Å²) >= 11 is 2.26. The van der Waals surface area contributed by atoms with Crippen LogP contribution in [0.1, 0.15) is 22.1 Å². The smallest absolute Gasteiger partial charge is 0.262 e. The molecule has 134 valence electrons. The van der Waals surface area contributed by atoms with Gasteiger partial charge in [0.1, 0.15) is 6.17 Å². The Morgan fingerprint density at radius 1 is 0.963 bits per heavy atom. The van der Waals surface area contributed by atoms with Gasteiger partial charge in [-0.25, -0.2) is 0 Å². The summed E-state index contributed by atoms with van der Waals surface area (Å²) < 4.78 is 12.1. The van der Waals surface area contributed by atoms with Gasteiger partial charge in [0.05, 0.1) is 5.56 Å². The molecule has 5 rings (SSSR count). The normalized spacial score (nSPS) is 17.4. The van der Waals surface area contributed by atoms with Crippen LogP contribution in [0, 0.1) is 3.57 Å². The fraction of sp³-hybridized carbons (Fsp3) is 0.0952. The largest absolute Gasteiger partial charge is 0.454 e. The number of carbonyl (C=O) groups is 1. The monoisotopic (exact) mass is 470 g/mol. The molecule has 0 saturated carbocycles. The van der Waals surface area contributed by atoms with E-state index in [-0.39, 0.29) is 18.9 Å². The minimum atomic E-state index is -0.345. The molecule has 1 amide bonds. The first-order valence-corrected chi connectivity index (χ1v) is 9.63. The molecular formula is C21H15IN2O3. The van der Waals surface area contributed by atoms with E-state index in [1.54, 1.807) is 4.90 Å². The Hall–Kier alpha value is -2.74. The van der Waals surface area contributed by atoms with Crippen LogP contribution in [0.25, 0.3) is 0 Å². The summed E-state index contributed by atoms with van der Waals surface area (Å²) in [6.07, 6.45) is -0.345. The van der Waals surface area contributed by atoms with Crippen molar-refractivity contribution in [1.29, 1.82) is 0 Å². The van der Waals surface area contributed by atoms with Crippen molar-refractivity contribution in [1.82, 2.24) is 0 Å². The molecule has 0 bridgehead atoms. The molecule has 2 aliphatic heterocycles. The molecule has 3 aromatic carbocycles. The summed E-state index contributed by atoms with van der Waals surface area (Å²) in [6, 6.07) is 21.3. The number of rotatable bonds is 2. The predicted octanol–water partition coefficient (Wildman–Crippen LogP) is 4.79. The van der Waals surface area contributed by atoms with Crippen molar-refractivity contribution >= 4 is 39.9 Å². The highest BCUT2D eigenvalue weighted by atomic mass is 127. The van der Waals surface area contributed by atoms with Crippen molar-refractivity contribution < 1.29 is 14.3 Å². The highest BCUT2D eigenvalue weighted by Gasteiger charge is 2.34. The Morgan fingerprint density at radius 3 is 2.59 bits per heavy atom. The molecule has 6 heteroatoms. The molecule has 0 spiro atoms. The molecule has 0 unspecified atom stereocenters. The van der Waals surface area contributed by atoms with E-state index in [1.165, 1.54) is 0 Å². The zero-order valence-electron chi connectivity index (χ0n) is 14.2. The van der Waals surface area contributed by atoms with Gasteiger partial charge in [-0.15, -0.1) is 0 Å². The summed E-state index contributed by atoms with van der Waals surface area (Å²) in [5.41, 5.74) is 3.26. The molecule has 27 heavy (non-hydrogen) atoms. The molecule has 1 N–H and O–H groups in total. The molecule has 0 aliphatic carbocycles. The Morgan fingerprint density at radius 2 is 1.74 bits per heavy atom. The van der Waals surface area contributed by atoms with E-state index in [2.05, 4.69) is 27.9 Å². The molecule has 2 heterocycles. The minimum Gasteiger partial charge on any atom is -0.454 e. The van der Waals surface area contributed by atoms with Crippen LogP contribution in [0.4, 0.5) is 11.4 Å². The molecule has 2 aliphatic rings. The second kappa shape index (κ2) is 6.45. The van der Waals surface area contributed by atoms with E-state index in [1.807, 2.05) is 66.7 Å². The van der Waals surface area contributed by atoms with Crippen molar-refractivity contribution in [2.75, 3.05) is 17.0 Å². The van der Waals surface area contributed by atoms with Crippen LogP contribution in [0.5, 0.6) is 11.5 Å². The first-order chi connectivity index (χ1) is 13.2. The van der Waals surface area contributed by atoms with Gasteiger partial charge < -0.3 is 14.8 Å². The minimum absolute atomic E-state index is 0.0341. The Balaban J connectivity index is 1.64. The van der Waals surface area contributed by atoms with E-state index in [0.29, 0.717) is 11.3 Å². The van der Waals surface area contributed by atoms with E-state index >= 15 is 0 Å². The second-order valence-electron chi connectivity index (χ2n) is 6.36. The Labute approximate surface area is 170 Å². The number of amides is 1. The third-order valence-corrected chi connectivity index (χ3v) is 5.46. The lowest BCUT2D eigenvalue weighted by Gasteiger charge is -2.38. The number of para-hydroxylation sites is 1. The lowest BCUT2D eigenvalue weighted by atomic mass is 10.0. The first kappa shape index (κ1) is 16.4. The second-order valence-corrected chi connectivity index (χ2v) is 7.60. The lowest BCUT2D eigenvalue weighted by Crippen LogP contribution is -2.43. The van der Waals surface area contributed by atoms with Crippen LogP contribution < -0.4 is 19.7 Å². The SMILES string of the molecule is O=C1c2ccccc2N[C@H](c2ccc3c(c2)OCO3)N1c1ccc(I)cc1.